The number of rotatable bonds is 3. The maximum absolute atomic E-state index is 12.7. The van der Waals surface area contributed by atoms with Gasteiger partial charge in [0.25, 0.3) is 5.91 Å². The van der Waals surface area contributed by atoms with E-state index in [2.05, 4.69) is 5.32 Å². The van der Waals surface area contributed by atoms with E-state index in [0.717, 1.165) is 4.90 Å². The monoisotopic (exact) mass is 314 g/mol. The van der Waals surface area contributed by atoms with Crippen LogP contribution in [0.2, 0.25) is 0 Å². The van der Waals surface area contributed by atoms with Crippen LogP contribution in [0.5, 0.6) is 0 Å². The molecule has 23 heavy (non-hydrogen) atoms. The molecule has 0 spiro atoms. The Morgan fingerprint density at radius 2 is 2.04 bits per heavy atom. The molecule has 0 aromatic heterocycles. The molecular formula is C15H12N3O5. The summed E-state index contributed by atoms with van der Waals surface area (Å²) in [6.07, 6.45) is 1.80. The van der Waals surface area contributed by atoms with Crippen LogP contribution < -0.4 is 11.1 Å². The molecule has 0 aliphatic carbocycles. The fourth-order valence-electron chi connectivity index (χ4n) is 3.08. The molecule has 117 valence electrons. The standard InChI is InChI=1S/C15H12N3O5/c16-13(21)12-8-3-1-2-7(6-19)11(8)15(23)18(12)9-4-5-10(20)17-14(9)22/h1-3,9,12H,4-5H2,(H2,16,21)(H,17,20,22)/t9-,12?/m0/s1. The van der Waals surface area contributed by atoms with Crippen LogP contribution in [-0.4, -0.2) is 40.9 Å². The van der Waals surface area contributed by atoms with Gasteiger partial charge in [0.15, 0.2) is 0 Å². The number of nitrogens with one attached hydrogen (secondary N) is 1. The number of nitrogens with two attached hydrogens (primary N) is 1. The molecule has 4 amide bonds. The number of amides is 4. The summed E-state index contributed by atoms with van der Waals surface area (Å²) in [4.78, 5) is 60.0. The number of hydrogen-bond donors (Lipinski definition) is 2. The number of hydrogen-bond acceptors (Lipinski definition) is 5. The van der Waals surface area contributed by atoms with Crippen LogP contribution in [0.3, 0.4) is 0 Å². The molecule has 1 fully saturated rings. The molecule has 2 atom stereocenters. The van der Waals surface area contributed by atoms with Gasteiger partial charge in [-0.2, -0.15) is 0 Å². The molecule has 8 heteroatoms. The van der Waals surface area contributed by atoms with Gasteiger partial charge < -0.3 is 10.6 Å². The highest BCUT2D eigenvalue weighted by Gasteiger charge is 2.48. The van der Waals surface area contributed by atoms with Crippen LogP contribution >= 0.6 is 0 Å². The number of piperidine rings is 1. The summed E-state index contributed by atoms with van der Waals surface area (Å²) >= 11 is 0. The number of fused-ring (bicyclic) bond motifs is 1. The van der Waals surface area contributed by atoms with Crippen molar-refractivity contribution in [2.75, 3.05) is 0 Å². The van der Waals surface area contributed by atoms with Crippen molar-refractivity contribution in [1.29, 1.82) is 0 Å². The summed E-state index contributed by atoms with van der Waals surface area (Å²) in [5, 5.41) is 2.14. The molecule has 1 aromatic rings. The van der Waals surface area contributed by atoms with Crippen molar-refractivity contribution in [2.45, 2.75) is 24.9 Å². The molecule has 2 aliphatic heterocycles. The fourth-order valence-corrected chi connectivity index (χ4v) is 3.08. The van der Waals surface area contributed by atoms with Gasteiger partial charge in [0.2, 0.25) is 24.0 Å². The lowest BCUT2D eigenvalue weighted by molar-refractivity contribution is -0.138. The number of imide groups is 1. The van der Waals surface area contributed by atoms with Crippen LogP contribution in [0.1, 0.15) is 40.4 Å². The van der Waals surface area contributed by atoms with Gasteiger partial charge in [-0.1, -0.05) is 18.2 Å². The highest BCUT2D eigenvalue weighted by Crippen LogP contribution is 2.37. The third-order valence-electron chi connectivity index (χ3n) is 4.04. The van der Waals surface area contributed by atoms with Gasteiger partial charge in [-0.15, -0.1) is 0 Å². The maximum Gasteiger partial charge on any atom is 0.256 e. The summed E-state index contributed by atoms with van der Waals surface area (Å²) in [6.45, 7) is 0. The molecule has 1 unspecified atom stereocenters. The molecule has 2 heterocycles. The van der Waals surface area contributed by atoms with Gasteiger partial charge in [-0.3, -0.25) is 29.3 Å². The predicted molar refractivity (Wildman–Crippen MR) is 75.5 cm³/mol. The van der Waals surface area contributed by atoms with E-state index in [-0.39, 0.29) is 29.5 Å². The second-order valence-electron chi connectivity index (χ2n) is 5.36. The lowest BCUT2D eigenvalue weighted by Crippen LogP contribution is -2.55. The fraction of sp³-hybridized carbons (Fsp3) is 0.267. The summed E-state index contributed by atoms with van der Waals surface area (Å²) in [5.41, 5.74) is 5.71. The molecule has 1 saturated heterocycles. The van der Waals surface area contributed by atoms with Crippen molar-refractivity contribution >= 4 is 29.9 Å². The Kier molecular flexibility index (Phi) is 3.44. The minimum absolute atomic E-state index is 0.00791. The third-order valence-corrected chi connectivity index (χ3v) is 4.04. The van der Waals surface area contributed by atoms with E-state index >= 15 is 0 Å². The van der Waals surface area contributed by atoms with Crippen molar-refractivity contribution in [2.24, 2.45) is 5.73 Å². The highest BCUT2D eigenvalue weighted by atomic mass is 16.2. The lowest BCUT2D eigenvalue weighted by Gasteiger charge is -2.33. The van der Waals surface area contributed by atoms with Gasteiger partial charge in [0.1, 0.15) is 12.1 Å². The van der Waals surface area contributed by atoms with Crippen molar-refractivity contribution in [1.82, 2.24) is 10.2 Å². The smallest absolute Gasteiger partial charge is 0.256 e. The van der Waals surface area contributed by atoms with E-state index in [4.69, 9.17) is 5.73 Å². The van der Waals surface area contributed by atoms with Crippen molar-refractivity contribution in [3.63, 3.8) is 0 Å². The average molecular weight is 314 g/mol. The summed E-state index contributed by atoms with van der Waals surface area (Å²) in [5.74, 6) is -2.56. The Morgan fingerprint density at radius 1 is 1.30 bits per heavy atom. The van der Waals surface area contributed by atoms with Crippen LogP contribution in [-0.2, 0) is 19.2 Å². The number of primary amides is 1. The number of nitrogens with zero attached hydrogens (tertiary/aromatic N) is 1. The predicted octanol–water partition coefficient (Wildman–Crippen LogP) is -1.07. The molecule has 0 bridgehead atoms. The van der Waals surface area contributed by atoms with E-state index in [9.17, 15) is 24.0 Å². The topological polar surface area (TPSA) is 127 Å². The minimum Gasteiger partial charge on any atom is -0.368 e. The molecular weight excluding hydrogens is 302 g/mol. The molecule has 3 rings (SSSR count). The van der Waals surface area contributed by atoms with Crippen LogP contribution in [0.4, 0.5) is 0 Å². The molecule has 2 aliphatic rings. The third kappa shape index (κ3) is 2.19. The second kappa shape index (κ2) is 5.31. The van der Waals surface area contributed by atoms with Crippen molar-refractivity contribution in [3.8, 4) is 0 Å². The van der Waals surface area contributed by atoms with Crippen LogP contribution in [0.15, 0.2) is 18.2 Å². The molecule has 1 radical (unpaired) electrons. The summed E-state index contributed by atoms with van der Waals surface area (Å²) in [6, 6.07) is 2.26. The Hall–Kier alpha value is -3.03. The lowest BCUT2D eigenvalue weighted by atomic mass is 9.99. The first-order valence-corrected chi connectivity index (χ1v) is 6.92. The van der Waals surface area contributed by atoms with Crippen LogP contribution in [0, 0.1) is 0 Å². The quantitative estimate of drug-likeness (QED) is 0.687. The first-order valence-electron chi connectivity index (χ1n) is 6.92. The van der Waals surface area contributed by atoms with Gasteiger partial charge in [-0.05, 0) is 12.0 Å². The van der Waals surface area contributed by atoms with Gasteiger partial charge >= 0.3 is 0 Å². The van der Waals surface area contributed by atoms with E-state index in [1.807, 2.05) is 0 Å². The van der Waals surface area contributed by atoms with Crippen molar-refractivity contribution in [3.05, 3.63) is 34.9 Å². The molecule has 0 saturated carbocycles. The number of carbonyl (C=O) groups excluding carboxylic acids is 5. The molecule has 1 aromatic carbocycles. The second-order valence-corrected chi connectivity index (χ2v) is 5.36. The minimum atomic E-state index is -1.16. The Balaban J connectivity index is 2.09. The Labute approximate surface area is 130 Å². The molecule has 3 N–H and O–H groups in total. The van der Waals surface area contributed by atoms with Gasteiger partial charge in [-0.25, -0.2) is 0 Å². The zero-order chi connectivity index (χ0) is 16.7. The normalized spacial score (nSPS) is 23.5. The molecule has 8 nitrogen and oxygen atoms in total. The first-order chi connectivity index (χ1) is 11.0. The average Bonchev–Trinajstić information content (AvgIpc) is 2.80. The summed E-state index contributed by atoms with van der Waals surface area (Å²) in [7, 11) is 0. The van der Waals surface area contributed by atoms with Gasteiger partial charge in [0.05, 0.1) is 5.56 Å². The van der Waals surface area contributed by atoms with Gasteiger partial charge in [0, 0.05) is 12.0 Å². The maximum atomic E-state index is 12.7. The first kappa shape index (κ1) is 14.9. The van der Waals surface area contributed by atoms with Crippen LogP contribution in [0.25, 0.3) is 0 Å². The van der Waals surface area contributed by atoms with E-state index in [0.29, 0.717) is 0 Å². The zero-order valence-electron chi connectivity index (χ0n) is 11.9. The van der Waals surface area contributed by atoms with Crippen molar-refractivity contribution < 1.29 is 24.0 Å². The Bertz CT molecular complexity index is 757. The number of benzene rings is 1. The highest BCUT2D eigenvalue weighted by molar-refractivity contribution is 6.11. The largest absolute Gasteiger partial charge is 0.368 e. The number of carbonyl (C=O) groups is 4. The van der Waals surface area contributed by atoms with E-state index in [1.54, 1.807) is 6.29 Å². The van der Waals surface area contributed by atoms with E-state index in [1.165, 1.54) is 18.2 Å². The SMILES string of the molecule is NC(=O)C1c2cccc([C]=O)c2C(=O)N1[C@H]1CCC(=O)NC1=O. The summed E-state index contributed by atoms with van der Waals surface area (Å²) < 4.78 is 0. The van der Waals surface area contributed by atoms with E-state index < -0.39 is 35.7 Å². The zero-order valence-corrected chi connectivity index (χ0v) is 11.9. The Morgan fingerprint density at radius 3 is 2.65 bits per heavy atom.